The van der Waals surface area contributed by atoms with Crippen molar-refractivity contribution in [1.82, 2.24) is 10.2 Å². The zero-order chi connectivity index (χ0) is 15.0. The summed E-state index contributed by atoms with van der Waals surface area (Å²) in [7, 11) is 2.05. The van der Waals surface area contributed by atoms with Crippen molar-refractivity contribution in [3.63, 3.8) is 0 Å². The molecule has 2 nitrogen and oxygen atoms in total. The van der Waals surface area contributed by atoms with Crippen LogP contribution in [0.4, 0.5) is 0 Å². The Morgan fingerprint density at radius 3 is 2.10 bits per heavy atom. The lowest BCUT2D eigenvalue weighted by atomic mass is 9.99. The molecule has 0 radical (unpaired) electrons. The molecule has 1 aromatic carbocycles. The molecule has 20 heavy (non-hydrogen) atoms. The van der Waals surface area contributed by atoms with E-state index >= 15 is 0 Å². The van der Waals surface area contributed by atoms with Crippen molar-refractivity contribution in [2.45, 2.75) is 52.6 Å². The van der Waals surface area contributed by atoms with Crippen LogP contribution < -0.4 is 5.32 Å². The first-order valence-corrected chi connectivity index (χ1v) is 8.09. The fourth-order valence-electron chi connectivity index (χ4n) is 3.01. The summed E-state index contributed by atoms with van der Waals surface area (Å²) < 4.78 is 0. The van der Waals surface area contributed by atoms with Crippen LogP contribution in [0.3, 0.4) is 0 Å². The Bertz CT molecular complexity index is 344. The molecule has 1 N–H and O–H groups in total. The molecule has 0 amide bonds. The van der Waals surface area contributed by atoms with Crippen LogP contribution in [-0.2, 0) is 0 Å². The van der Waals surface area contributed by atoms with Gasteiger partial charge in [0.05, 0.1) is 0 Å². The normalized spacial score (nSPS) is 13.4. The highest BCUT2D eigenvalue weighted by Gasteiger charge is 2.25. The molecule has 0 aliphatic rings. The molecule has 1 aromatic rings. The van der Waals surface area contributed by atoms with Gasteiger partial charge in [0, 0.05) is 25.2 Å². The average molecular weight is 276 g/mol. The molecule has 1 atom stereocenters. The molecule has 1 rings (SSSR count). The Labute approximate surface area is 125 Å². The predicted molar refractivity (Wildman–Crippen MR) is 89.0 cm³/mol. The van der Waals surface area contributed by atoms with Crippen LogP contribution in [0.15, 0.2) is 30.3 Å². The van der Waals surface area contributed by atoms with Crippen molar-refractivity contribution in [1.29, 1.82) is 0 Å². The van der Waals surface area contributed by atoms with Crippen LogP contribution in [-0.4, -0.2) is 31.1 Å². The molecule has 0 bridgehead atoms. The van der Waals surface area contributed by atoms with Crippen LogP contribution in [0.25, 0.3) is 0 Å². The first kappa shape index (κ1) is 17.2. The van der Waals surface area contributed by atoms with Crippen molar-refractivity contribution in [2.75, 3.05) is 20.1 Å². The van der Waals surface area contributed by atoms with Gasteiger partial charge >= 0.3 is 0 Å². The van der Waals surface area contributed by atoms with E-state index in [4.69, 9.17) is 0 Å². The van der Waals surface area contributed by atoms with Gasteiger partial charge in [-0.05, 0) is 31.4 Å². The lowest BCUT2D eigenvalue weighted by Gasteiger charge is -2.39. The lowest BCUT2D eigenvalue weighted by molar-refractivity contribution is 0.108. The van der Waals surface area contributed by atoms with E-state index in [1.807, 2.05) is 0 Å². The predicted octanol–water partition coefficient (Wildman–Crippen LogP) is 4.09. The van der Waals surface area contributed by atoms with E-state index in [0.29, 0.717) is 18.0 Å². The summed E-state index contributed by atoms with van der Waals surface area (Å²) in [6.45, 7) is 11.4. The second-order valence-electron chi connectivity index (χ2n) is 6.05. The summed E-state index contributed by atoms with van der Waals surface area (Å²) in [5.74, 6) is 0.693. The maximum atomic E-state index is 3.38. The van der Waals surface area contributed by atoms with Crippen molar-refractivity contribution < 1.29 is 0 Å². The fraction of sp³-hybridized carbons (Fsp3) is 0.667. The van der Waals surface area contributed by atoms with Gasteiger partial charge in [0.15, 0.2) is 0 Å². The minimum atomic E-state index is 0.466. The molecule has 0 aliphatic carbocycles. The van der Waals surface area contributed by atoms with Crippen LogP contribution in [0.5, 0.6) is 0 Å². The summed E-state index contributed by atoms with van der Waals surface area (Å²) in [4.78, 5) is 2.70. The topological polar surface area (TPSA) is 15.3 Å². The zero-order valence-electron chi connectivity index (χ0n) is 13.9. The summed E-state index contributed by atoms with van der Waals surface area (Å²) in [5, 5.41) is 3.38. The van der Waals surface area contributed by atoms with Gasteiger partial charge in [0.1, 0.15) is 0 Å². The molecule has 1 unspecified atom stereocenters. The minimum Gasteiger partial charge on any atom is -0.318 e. The Morgan fingerprint density at radius 1 is 1.05 bits per heavy atom. The molecule has 0 aromatic heterocycles. The van der Waals surface area contributed by atoms with Crippen molar-refractivity contribution >= 4 is 0 Å². The molecule has 0 spiro atoms. The smallest absolute Gasteiger partial charge is 0.0475 e. The second kappa shape index (κ2) is 9.15. The Morgan fingerprint density at radius 2 is 1.65 bits per heavy atom. The number of hydrogen-bond donors (Lipinski definition) is 1. The fourth-order valence-corrected chi connectivity index (χ4v) is 3.01. The highest BCUT2D eigenvalue weighted by Crippen LogP contribution is 2.26. The monoisotopic (exact) mass is 276 g/mol. The van der Waals surface area contributed by atoms with E-state index in [-0.39, 0.29) is 0 Å². The van der Waals surface area contributed by atoms with E-state index < -0.39 is 0 Å². The van der Waals surface area contributed by atoms with Crippen molar-refractivity contribution in [3.05, 3.63) is 35.9 Å². The van der Waals surface area contributed by atoms with Gasteiger partial charge in [-0.2, -0.15) is 0 Å². The van der Waals surface area contributed by atoms with Crippen molar-refractivity contribution in [3.8, 4) is 0 Å². The molecule has 0 fully saturated rings. The molecular weight excluding hydrogens is 244 g/mol. The SMILES string of the molecule is CCC(CC)N(CC(C)C)C(CNC)c1ccccc1. The molecule has 0 heterocycles. The van der Waals surface area contributed by atoms with Gasteiger partial charge in [0.2, 0.25) is 0 Å². The highest BCUT2D eigenvalue weighted by atomic mass is 15.2. The first-order valence-electron chi connectivity index (χ1n) is 8.09. The maximum Gasteiger partial charge on any atom is 0.0475 e. The summed E-state index contributed by atoms with van der Waals surface area (Å²) in [6.07, 6.45) is 2.44. The van der Waals surface area contributed by atoms with Gasteiger partial charge in [-0.25, -0.2) is 0 Å². The van der Waals surface area contributed by atoms with Gasteiger partial charge < -0.3 is 5.32 Å². The molecule has 114 valence electrons. The lowest BCUT2D eigenvalue weighted by Crippen LogP contribution is -2.43. The van der Waals surface area contributed by atoms with Gasteiger partial charge in [-0.1, -0.05) is 58.0 Å². The first-order chi connectivity index (χ1) is 9.63. The van der Waals surface area contributed by atoms with Gasteiger partial charge in [-0.15, -0.1) is 0 Å². The number of nitrogens with zero attached hydrogens (tertiary/aromatic N) is 1. The molecule has 0 saturated heterocycles. The highest BCUT2D eigenvalue weighted by molar-refractivity contribution is 5.19. The third kappa shape index (κ3) is 4.92. The van der Waals surface area contributed by atoms with E-state index in [1.165, 1.54) is 18.4 Å². The Hall–Kier alpha value is -0.860. The summed E-state index contributed by atoms with van der Waals surface area (Å²) in [6, 6.07) is 12.1. The van der Waals surface area contributed by atoms with Gasteiger partial charge in [0.25, 0.3) is 0 Å². The van der Waals surface area contributed by atoms with E-state index in [2.05, 4.69) is 75.3 Å². The molecular formula is C18H32N2. The van der Waals surface area contributed by atoms with Crippen LogP contribution in [0.1, 0.15) is 52.1 Å². The van der Waals surface area contributed by atoms with Crippen LogP contribution in [0, 0.1) is 5.92 Å². The van der Waals surface area contributed by atoms with Crippen molar-refractivity contribution in [2.24, 2.45) is 5.92 Å². The summed E-state index contributed by atoms with van der Waals surface area (Å²) in [5.41, 5.74) is 1.43. The maximum absolute atomic E-state index is 3.38. The summed E-state index contributed by atoms with van der Waals surface area (Å²) >= 11 is 0. The number of hydrogen-bond acceptors (Lipinski definition) is 2. The van der Waals surface area contributed by atoms with E-state index in [1.54, 1.807) is 0 Å². The van der Waals surface area contributed by atoms with Crippen LogP contribution >= 0.6 is 0 Å². The third-order valence-corrected chi connectivity index (χ3v) is 3.97. The molecule has 0 saturated carbocycles. The Kier molecular flexibility index (Phi) is 7.86. The van der Waals surface area contributed by atoms with E-state index in [9.17, 15) is 0 Å². The Balaban J connectivity index is 3.03. The molecule has 2 heteroatoms. The second-order valence-corrected chi connectivity index (χ2v) is 6.05. The third-order valence-electron chi connectivity index (χ3n) is 3.97. The number of benzene rings is 1. The number of rotatable bonds is 9. The standard InChI is InChI=1S/C18H32N2/c1-6-17(7-2)20(14-15(3)4)18(13-19-5)16-11-9-8-10-12-16/h8-12,15,17-19H,6-7,13-14H2,1-5H3. The quantitative estimate of drug-likeness (QED) is 0.730. The number of likely N-dealkylation sites (N-methyl/N-ethyl adjacent to an activating group) is 1. The zero-order valence-corrected chi connectivity index (χ0v) is 13.9. The largest absolute Gasteiger partial charge is 0.318 e. The van der Waals surface area contributed by atoms with E-state index in [0.717, 1.165) is 13.1 Å². The molecule has 0 aliphatic heterocycles. The minimum absolute atomic E-state index is 0.466. The van der Waals surface area contributed by atoms with Gasteiger partial charge in [-0.3, -0.25) is 4.90 Å². The average Bonchev–Trinajstić information content (AvgIpc) is 2.45. The number of nitrogens with one attached hydrogen (secondary N) is 1. The van der Waals surface area contributed by atoms with Crippen LogP contribution in [0.2, 0.25) is 0 Å².